The van der Waals surface area contributed by atoms with Gasteiger partial charge in [-0.25, -0.2) is 0 Å². The molecule has 3 unspecified atom stereocenters. The lowest BCUT2D eigenvalue weighted by Crippen LogP contribution is -2.57. The van der Waals surface area contributed by atoms with Crippen LogP contribution < -0.4 is 11.1 Å². The van der Waals surface area contributed by atoms with Crippen LogP contribution in [0.1, 0.15) is 52.9 Å². The SMILES string of the molecule is CC(C)CC(CNC(=O)C1(N)CCCC(C)C1)N(C)C. The molecule has 0 bridgehead atoms. The van der Waals surface area contributed by atoms with Gasteiger partial charge in [-0.2, -0.15) is 0 Å². The zero-order chi connectivity index (χ0) is 15.3. The average Bonchev–Trinajstić information content (AvgIpc) is 2.32. The van der Waals surface area contributed by atoms with Gasteiger partial charge in [-0.3, -0.25) is 4.79 Å². The van der Waals surface area contributed by atoms with Crippen molar-refractivity contribution in [2.24, 2.45) is 17.6 Å². The molecule has 1 amide bonds. The molecule has 0 aromatic carbocycles. The number of rotatable bonds is 6. The highest BCUT2D eigenvalue weighted by atomic mass is 16.2. The van der Waals surface area contributed by atoms with Gasteiger partial charge < -0.3 is 16.0 Å². The summed E-state index contributed by atoms with van der Waals surface area (Å²) in [5.74, 6) is 1.22. The Morgan fingerprint density at radius 1 is 1.45 bits per heavy atom. The van der Waals surface area contributed by atoms with Gasteiger partial charge in [-0.1, -0.05) is 33.6 Å². The Bertz CT molecular complexity index is 317. The van der Waals surface area contributed by atoms with Crippen LogP contribution in [0.3, 0.4) is 0 Å². The summed E-state index contributed by atoms with van der Waals surface area (Å²) in [4.78, 5) is 14.6. The van der Waals surface area contributed by atoms with Crippen LogP contribution in [0.5, 0.6) is 0 Å². The van der Waals surface area contributed by atoms with E-state index >= 15 is 0 Å². The fraction of sp³-hybridized carbons (Fsp3) is 0.938. The molecule has 0 aromatic heterocycles. The molecule has 118 valence electrons. The summed E-state index contributed by atoms with van der Waals surface area (Å²) in [6.45, 7) is 7.31. The molecule has 1 aliphatic carbocycles. The minimum Gasteiger partial charge on any atom is -0.353 e. The van der Waals surface area contributed by atoms with Crippen molar-refractivity contribution in [3.05, 3.63) is 0 Å². The third-order valence-corrected chi connectivity index (χ3v) is 4.46. The number of likely N-dealkylation sites (N-methyl/N-ethyl adjacent to an activating group) is 1. The Hall–Kier alpha value is -0.610. The number of nitrogens with zero attached hydrogens (tertiary/aromatic N) is 1. The van der Waals surface area contributed by atoms with E-state index in [-0.39, 0.29) is 5.91 Å². The molecule has 0 spiro atoms. The third-order valence-electron chi connectivity index (χ3n) is 4.46. The van der Waals surface area contributed by atoms with Gasteiger partial charge in [0.05, 0.1) is 5.54 Å². The van der Waals surface area contributed by atoms with Crippen molar-refractivity contribution in [1.29, 1.82) is 0 Å². The maximum absolute atomic E-state index is 12.4. The van der Waals surface area contributed by atoms with E-state index in [0.717, 1.165) is 25.7 Å². The first-order chi connectivity index (χ1) is 9.24. The molecule has 20 heavy (non-hydrogen) atoms. The largest absolute Gasteiger partial charge is 0.353 e. The fourth-order valence-corrected chi connectivity index (χ4v) is 3.21. The molecule has 1 aliphatic rings. The van der Waals surface area contributed by atoms with Crippen LogP contribution in [-0.2, 0) is 4.79 Å². The smallest absolute Gasteiger partial charge is 0.240 e. The van der Waals surface area contributed by atoms with E-state index in [9.17, 15) is 4.79 Å². The standard InChI is InChI=1S/C16H33N3O/c1-12(2)9-14(19(4)5)11-18-15(20)16(17)8-6-7-13(3)10-16/h12-14H,6-11,17H2,1-5H3,(H,18,20). The monoisotopic (exact) mass is 283 g/mol. The van der Waals surface area contributed by atoms with E-state index in [2.05, 4.69) is 45.1 Å². The zero-order valence-corrected chi connectivity index (χ0v) is 13.9. The van der Waals surface area contributed by atoms with Crippen molar-refractivity contribution >= 4 is 5.91 Å². The minimum atomic E-state index is -0.646. The van der Waals surface area contributed by atoms with Gasteiger partial charge in [0.15, 0.2) is 0 Å². The van der Waals surface area contributed by atoms with Crippen molar-refractivity contribution in [3.8, 4) is 0 Å². The van der Waals surface area contributed by atoms with Crippen LogP contribution in [0.2, 0.25) is 0 Å². The summed E-state index contributed by atoms with van der Waals surface area (Å²) in [7, 11) is 4.14. The molecule has 1 fully saturated rings. The molecule has 0 aromatic rings. The van der Waals surface area contributed by atoms with Crippen molar-refractivity contribution in [3.63, 3.8) is 0 Å². The first-order valence-corrected chi connectivity index (χ1v) is 7.98. The summed E-state index contributed by atoms with van der Waals surface area (Å²) in [5, 5.41) is 3.09. The maximum atomic E-state index is 12.4. The molecule has 0 saturated heterocycles. The second-order valence-electron chi connectivity index (χ2n) is 7.31. The molecular weight excluding hydrogens is 250 g/mol. The molecule has 3 atom stereocenters. The molecule has 4 heteroatoms. The Morgan fingerprint density at radius 2 is 2.10 bits per heavy atom. The van der Waals surface area contributed by atoms with Gasteiger partial charge in [0.1, 0.15) is 0 Å². The Balaban J connectivity index is 2.52. The van der Waals surface area contributed by atoms with Gasteiger partial charge in [0, 0.05) is 12.6 Å². The highest BCUT2D eigenvalue weighted by Crippen LogP contribution is 2.30. The van der Waals surface area contributed by atoms with Crippen LogP contribution in [0, 0.1) is 11.8 Å². The van der Waals surface area contributed by atoms with Crippen LogP contribution in [0.15, 0.2) is 0 Å². The first kappa shape index (κ1) is 17.4. The molecular formula is C16H33N3O. The zero-order valence-electron chi connectivity index (χ0n) is 13.9. The molecule has 1 rings (SSSR count). The number of hydrogen-bond donors (Lipinski definition) is 2. The van der Waals surface area contributed by atoms with Gasteiger partial charge in [0.2, 0.25) is 5.91 Å². The predicted molar refractivity (Wildman–Crippen MR) is 84.5 cm³/mol. The van der Waals surface area contributed by atoms with E-state index in [1.165, 1.54) is 6.42 Å². The highest BCUT2D eigenvalue weighted by Gasteiger charge is 2.37. The molecule has 0 radical (unpaired) electrons. The van der Waals surface area contributed by atoms with Crippen LogP contribution in [-0.4, -0.2) is 43.0 Å². The van der Waals surface area contributed by atoms with Gasteiger partial charge >= 0.3 is 0 Å². The van der Waals surface area contributed by atoms with Crippen molar-refractivity contribution < 1.29 is 4.79 Å². The normalized spacial score (nSPS) is 28.7. The summed E-state index contributed by atoms with van der Waals surface area (Å²) in [5.41, 5.74) is 5.68. The van der Waals surface area contributed by atoms with Crippen LogP contribution in [0.25, 0.3) is 0 Å². The lowest BCUT2D eigenvalue weighted by Gasteiger charge is -2.36. The second kappa shape index (κ2) is 7.41. The lowest BCUT2D eigenvalue weighted by molar-refractivity contribution is -0.128. The topological polar surface area (TPSA) is 58.4 Å². The Morgan fingerprint density at radius 3 is 2.60 bits per heavy atom. The van der Waals surface area contributed by atoms with Gasteiger partial charge in [-0.05, 0) is 45.2 Å². The number of nitrogens with one attached hydrogen (secondary N) is 1. The number of nitrogens with two attached hydrogens (primary N) is 1. The van der Waals surface area contributed by atoms with Crippen LogP contribution >= 0.6 is 0 Å². The minimum absolute atomic E-state index is 0.0413. The molecule has 1 saturated carbocycles. The van der Waals surface area contributed by atoms with Crippen molar-refractivity contribution in [2.75, 3.05) is 20.6 Å². The van der Waals surface area contributed by atoms with Crippen molar-refractivity contribution in [2.45, 2.75) is 64.5 Å². The van der Waals surface area contributed by atoms with E-state index in [1.54, 1.807) is 0 Å². The van der Waals surface area contributed by atoms with Gasteiger partial charge in [-0.15, -0.1) is 0 Å². The quantitative estimate of drug-likeness (QED) is 0.784. The van der Waals surface area contributed by atoms with E-state index < -0.39 is 5.54 Å². The third kappa shape index (κ3) is 5.06. The molecule has 4 nitrogen and oxygen atoms in total. The summed E-state index contributed by atoms with van der Waals surface area (Å²) < 4.78 is 0. The fourth-order valence-electron chi connectivity index (χ4n) is 3.21. The number of hydrogen-bond acceptors (Lipinski definition) is 3. The Kier molecular flexibility index (Phi) is 6.46. The van der Waals surface area contributed by atoms with E-state index in [1.807, 2.05) is 0 Å². The maximum Gasteiger partial charge on any atom is 0.240 e. The molecule has 0 heterocycles. The summed E-state index contributed by atoms with van der Waals surface area (Å²) in [6.07, 6.45) is 4.98. The molecule has 0 aliphatic heterocycles. The number of carbonyl (C=O) groups excluding carboxylic acids is 1. The summed E-state index contributed by atoms with van der Waals surface area (Å²) >= 11 is 0. The van der Waals surface area contributed by atoms with Crippen LogP contribution in [0.4, 0.5) is 0 Å². The predicted octanol–water partition coefficient (Wildman–Crippen LogP) is 1.99. The first-order valence-electron chi connectivity index (χ1n) is 7.98. The van der Waals surface area contributed by atoms with Crippen molar-refractivity contribution in [1.82, 2.24) is 10.2 Å². The van der Waals surface area contributed by atoms with E-state index in [4.69, 9.17) is 5.73 Å². The summed E-state index contributed by atoms with van der Waals surface area (Å²) in [6, 6.07) is 0.378. The van der Waals surface area contributed by atoms with E-state index in [0.29, 0.717) is 24.4 Å². The molecule has 3 N–H and O–H groups in total. The second-order valence-corrected chi connectivity index (χ2v) is 7.31. The van der Waals surface area contributed by atoms with Gasteiger partial charge in [0.25, 0.3) is 0 Å². The number of amides is 1. The average molecular weight is 283 g/mol. The lowest BCUT2D eigenvalue weighted by atomic mass is 9.76. The Labute approximate surface area is 124 Å². The highest BCUT2D eigenvalue weighted by molar-refractivity contribution is 5.86. The number of carbonyl (C=O) groups is 1.